The quantitative estimate of drug-likeness (QED) is 0.745. The molecule has 2 aromatic rings. The minimum absolute atomic E-state index is 0.258. The average molecular weight is 356 g/mol. The molecule has 2 amide bonds. The van der Waals surface area contributed by atoms with Gasteiger partial charge in [-0.2, -0.15) is 0 Å². The summed E-state index contributed by atoms with van der Waals surface area (Å²) in [6, 6.07) is 6.26. The molecule has 138 valence electrons. The van der Waals surface area contributed by atoms with E-state index in [0.29, 0.717) is 17.8 Å². The number of benzene rings is 1. The molecule has 1 aliphatic rings. The number of hydrogen-bond donors (Lipinski definition) is 3. The summed E-state index contributed by atoms with van der Waals surface area (Å²) in [5.74, 6) is -0.278. The number of nitrogens with one attached hydrogen (secondary N) is 3. The van der Waals surface area contributed by atoms with Gasteiger partial charge in [0.05, 0.1) is 5.54 Å². The van der Waals surface area contributed by atoms with Crippen LogP contribution in [0.15, 0.2) is 36.7 Å². The molecule has 0 radical (unpaired) electrons. The van der Waals surface area contributed by atoms with E-state index in [2.05, 4.69) is 20.9 Å². The highest BCUT2D eigenvalue weighted by atomic mass is 19.1. The van der Waals surface area contributed by atoms with Crippen LogP contribution in [0.4, 0.5) is 20.6 Å². The fraction of sp³-hybridized carbons (Fsp3) is 0.400. The van der Waals surface area contributed by atoms with Gasteiger partial charge in [0.15, 0.2) is 0 Å². The number of anilines is 2. The molecule has 0 aliphatic heterocycles. The Hall–Kier alpha value is -2.63. The molecular formula is C20H25FN4O. The second-order valence-corrected chi connectivity index (χ2v) is 7.07. The Morgan fingerprint density at radius 3 is 2.65 bits per heavy atom. The smallest absolute Gasteiger partial charge is 0.319 e. The number of nitrogens with zero attached hydrogens (tertiary/aromatic N) is 1. The maximum Gasteiger partial charge on any atom is 0.319 e. The zero-order chi connectivity index (χ0) is 18.6. The monoisotopic (exact) mass is 356 g/mol. The van der Waals surface area contributed by atoms with Gasteiger partial charge in [0, 0.05) is 30.3 Å². The number of aromatic nitrogens is 1. The highest BCUT2D eigenvalue weighted by molar-refractivity contribution is 5.90. The van der Waals surface area contributed by atoms with E-state index in [1.807, 2.05) is 19.2 Å². The van der Waals surface area contributed by atoms with E-state index in [0.717, 1.165) is 36.9 Å². The maximum atomic E-state index is 13.4. The van der Waals surface area contributed by atoms with Crippen LogP contribution in [0.3, 0.4) is 0 Å². The minimum Gasteiger partial charge on any atom is -0.382 e. The summed E-state index contributed by atoms with van der Waals surface area (Å²) in [7, 11) is 0. The second kappa shape index (κ2) is 7.72. The van der Waals surface area contributed by atoms with Crippen LogP contribution in [0.25, 0.3) is 0 Å². The predicted molar refractivity (Wildman–Crippen MR) is 102 cm³/mol. The third kappa shape index (κ3) is 4.31. The SMILES string of the molecule is Cc1cc(NC(=O)NC2(CNc3ccncc3C)CCCC2)ccc1F. The number of pyridine rings is 1. The number of hydrogen-bond acceptors (Lipinski definition) is 3. The molecule has 0 saturated heterocycles. The molecule has 26 heavy (non-hydrogen) atoms. The number of urea groups is 1. The molecule has 0 atom stereocenters. The van der Waals surface area contributed by atoms with Crippen LogP contribution < -0.4 is 16.0 Å². The second-order valence-electron chi connectivity index (χ2n) is 7.07. The van der Waals surface area contributed by atoms with Crippen molar-refractivity contribution in [3.8, 4) is 0 Å². The summed E-state index contributed by atoms with van der Waals surface area (Å²) in [4.78, 5) is 16.6. The van der Waals surface area contributed by atoms with Crippen molar-refractivity contribution in [3.05, 3.63) is 53.6 Å². The molecule has 1 heterocycles. The van der Waals surface area contributed by atoms with Crippen LogP contribution in [0, 0.1) is 19.7 Å². The van der Waals surface area contributed by atoms with Gasteiger partial charge in [0.2, 0.25) is 0 Å². The molecule has 1 fully saturated rings. The van der Waals surface area contributed by atoms with Gasteiger partial charge in [-0.1, -0.05) is 12.8 Å². The topological polar surface area (TPSA) is 66.1 Å². The van der Waals surface area contributed by atoms with Crippen molar-refractivity contribution >= 4 is 17.4 Å². The Morgan fingerprint density at radius 1 is 1.19 bits per heavy atom. The van der Waals surface area contributed by atoms with Crippen molar-refractivity contribution in [1.82, 2.24) is 10.3 Å². The summed E-state index contributed by atoms with van der Waals surface area (Å²) >= 11 is 0. The Labute approximate surface area is 153 Å². The molecule has 3 N–H and O–H groups in total. The first kappa shape index (κ1) is 18.2. The lowest BCUT2D eigenvalue weighted by Crippen LogP contribution is -2.52. The first-order valence-electron chi connectivity index (χ1n) is 8.97. The van der Waals surface area contributed by atoms with Crippen molar-refractivity contribution < 1.29 is 9.18 Å². The molecule has 3 rings (SSSR count). The average Bonchev–Trinajstić information content (AvgIpc) is 3.06. The highest BCUT2D eigenvalue weighted by Crippen LogP contribution is 2.30. The van der Waals surface area contributed by atoms with E-state index in [1.54, 1.807) is 25.3 Å². The fourth-order valence-corrected chi connectivity index (χ4v) is 3.46. The lowest BCUT2D eigenvalue weighted by molar-refractivity contribution is 0.238. The number of carbonyl (C=O) groups excluding carboxylic acids is 1. The Balaban J connectivity index is 1.64. The van der Waals surface area contributed by atoms with Crippen LogP contribution in [0.1, 0.15) is 36.8 Å². The summed E-state index contributed by atoms with van der Waals surface area (Å²) in [6.07, 6.45) is 7.62. The van der Waals surface area contributed by atoms with Gasteiger partial charge in [-0.15, -0.1) is 0 Å². The van der Waals surface area contributed by atoms with E-state index in [4.69, 9.17) is 0 Å². The summed E-state index contributed by atoms with van der Waals surface area (Å²) in [5.41, 5.74) is 2.92. The minimum atomic E-state index is -0.283. The highest BCUT2D eigenvalue weighted by Gasteiger charge is 2.35. The third-order valence-electron chi connectivity index (χ3n) is 4.99. The number of rotatable bonds is 5. The molecule has 1 aliphatic carbocycles. The maximum absolute atomic E-state index is 13.4. The van der Waals surface area contributed by atoms with Gasteiger partial charge in [-0.25, -0.2) is 9.18 Å². The van der Waals surface area contributed by atoms with Gasteiger partial charge in [-0.05, 0) is 62.1 Å². The summed E-state index contributed by atoms with van der Waals surface area (Å²) < 4.78 is 13.4. The van der Waals surface area contributed by atoms with Crippen molar-refractivity contribution in [2.75, 3.05) is 17.2 Å². The normalized spacial score (nSPS) is 15.5. The predicted octanol–water partition coefficient (Wildman–Crippen LogP) is 4.38. The number of amides is 2. The molecule has 5 nitrogen and oxygen atoms in total. The lowest BCUT2D eigenvalue weighted by atomic mass is 9.97. The first-order chi connectivity index (χ1) is 12.5. The van der Waals surface area contributed by atoms with Crippen LogP contribution in [-0.2, 0) is 0 Å². The van der Waals surface area contributed by atoms with Gasteiger partial charge in [0.25, 0.3) is 0 Å². The first-order valence-corrected chi connectivity index (χ1v) is 8.97. The van der Waals surface area contributed by atoms with Crippen LogP contribution in [0.5, 0.6) is 0 Å². The standard InChI is InChI=1S/C20H25FN4O/c1-14-11-16(5-6-17(14)21)24-19(26)25-20(8-3-4-9-20)13-23-18-7-10-22-12-15(18)2/h5-7,10-12H,3-4,8-9,13H2,1-2H3,(H,22,23)(H2,24,25,26). The molecular weight excluding hydrogens is 331 g/mol. The molecule has 6 heteroatoms. The van der Waals surface area contributed by atoms with Gasteiger partial charge in [0.1, 0.15) is 5.82 Å². The van der Waals surface area contributed by atoms with E-state index < -0.39 is 0 Å². The van der Waals surface area contributed by atoms with Gasteiger partial charge < -0.3 is 16.0 Å². The third-order valence-corrected chi connectivity index (χ3v) is 4.99. The number of halogens is 1. The zero-order valence-corrected chi connectivity index (χ0v) is 15.2. The van der Waals surface area contributed by atoms with Crippen molar-refractivity contribution in [3.63, 3.8) is 0 Å². The van der Waals surface area contributed by atoms with Gasteiger partial charge in [-0.3, -0.25) is 4.98 Å². The van der Waals surface area contributed by atoms with Gasteiger partial charge >= 0.3 is 6.03 Å². The molecule has 0 spiro atoms. The van der Waals surface area contributed by atoms with Crippen molar-refractivity contribution in [2.45, 2.75) is 45.1 Å². The van der Waals surface area contributed by atoms with Crippen LogP contribution >= 0.6 is 0 Å². The van der Waals surface area contributed by atoms with E-state index in [1.165, 1.54) is 6.07 Å². The van der Waals surface area contributed by atoms with Crippen molar-refractivity contribution in [1.29, 1.82) is 0 Å². The Morgan fingerprint density at radius 2 is 1.96 bits per heavy atom. The van der Waals surface area contributed by atoms with Crippen LogP contribution in [-0.4, -0.2) is 23.1 Å². The van der Waals surface area contributed by atoms with E-state index in [9.17, 15) is 9.18 Å². The van der Waals surface area contributed by atoms with Crippen molar-refractivity contribution in [2.24, 2.45) is 0 Å². The molecule has 1 saturated carbocycles. The summed E-state index contributed by atoms with van der Waals surface area (Å²) in [5, 5.41) is 9.41. The van der Waals surface area contributed by atoms with E-state index >= 15 is 0 Å². The summed E-state index contributed by atoms with van der Waals surface area (Å²) in [6.45, 7) is 4.35. The molecule has 0 unspecified atom stereocenters. The molecule has 0 bridgehead atoms. The Kier molecular flexibility index (Phi) is 5.40. The number of carbonyl (C=O) groups is 1. The molecule has 1 aromatic heterocycles. The lowest BCUT2D eigenvalue weighted by Gasteiger charge is -2.31. The Bertz CT molecular complexity index is 787. The molecule has 1 aromatic carbocycles. The van der Waals surface area contributed by atoms with E-state index in [-0.39, 0.29) is 17.4 Å². The fourth-order valence-electron chi connectivity index (χ4n) is 3.46. The number of aryl methyl sites for hydroxylation is 2. The largest absolute Gasteiger partial charge is 0.382 e. The zero-order valence-electron chi connectivity index (χ0n) is 15.2. The van der Waals surface area contributed by atoms with Crippen LogP contribution in [0.2, 0.25) is 0 Å².